The predicted octanol–water partition coefficient (Wildman–Crippen LogP) is 2.12. The van der Waals surface area contributed by atoms with Crippen molar-refractivity contribution in [2.45, 2.75) is 12.8 Å². The van der Waals surface area contributed by atoms with E-state index in [9.17, 15) is 14.4 Å². The quantitative estimate of drug-likeness (QED) is 0.464. The third-order valence-electron chi connectivity index (χ3n) is 3.83. The van der Waals surface area contributed by atoms with E-state index in [1.165, 1.54) is 4.90 Å². The Labute approximate surface area is 149 Å². The van der Waals surface area contributed by atoms with Crippen molar-refractivity contribution >= 4 is 20.9 Å². The third-order valence-corrected chi connectivity index (χ3v) is 4.81. The average molecular weight is 503 g/mol. The second kappa shape index (κ2) is 6.71. The third kappa shape index (κ3) is 3.25. The number of carbonyl (C=O) groups is 3. The monoisotopic (exact) mass is 503 g/mol. The first-order valence-corrected chi connectivity index (χ1v) is 8.79. The van der Waals surface area contributed by atoms with Gasteiger partial charge in [0.1, 0.15) is 0 Å². The van der Waals surface area contributed by atoms with Crippen LogP contribution in [0.15, 0.2) is 48.5 Å². The van der Waals surface area contributed by atoms with E-state index in [2.05, 4.69) is 0 Å². The fourth-order valence-electron chi connectivity index (χ4n) is 2.62. The number of imide groups is 1. The van der Waals surface area contributed by atoms with Crippen LogP contribution in [-0.2, 0) is 0 Å². The van der Waals surface area contributed by atoms with Crippen molar-refractivity contribution in [2.75, 3.05) is 6.54 Å². The molecule has 0 saturated heterocycles. The van der Waals surface area contributed by atoms with E-state index >= 15 is 0 Å². The molecule has 116 valence electrons. The zero-order chi connectivity index (χ0) is 16.4. The van der Waals surface area contributed by atoms with Gasteiger partial charge in [-0.25, -0.2) is 0 Å². The van der Waals surface area contributed by atoms with E-state index in [4.69, 9.17) is 0 Å². The Balaban J connectivity index is 1.60. The molecule has 2 amide bonds. The summed E-state index contributed by atoms with van der Waals surface area (Å²) in [4.78, 5) is 37.8. The molecular formula is C18H14AtNO3. The van der Waals surface area contributed by atoms with Crippen LogP contribution in [0.2, 0.25) is 0 Å². The van der Waals surface area contributed by atoms with Crippen LogP contribution in [0, 0.1) is 24.7 Å². The van der Waals surface area contributed by atoms with E-state index in [-0.39, 0.29) is 24.1 Å². The van der Waals surface area contributed by atoms with E-state index in [1.54, 1.807) is 49.0 Å². The number of hydrogen-bond donors (Lipinski definition) is 0. The molecule has 0 atom stereocenters. The van der Waals surface area contributed by atoms with Crippen LogP contribution in [0.1, 0.15) is 43.9 Å². The molecule has 4 nitrogen and oxygen atoms in total. The van der Waals surface area contributed by atoms with Gasteiger partial charge < -0.3 is 0 Å². The normalized spacial score (nSPS) is 13.3. The summed E-state index contributed by atoms with van der Waals surface area (Å²) >= 11 is 1.57. The molecule has 5 heteroatoms. The van der Waals surface area contributed by atoms with Crippen molar-refractivity contribution in [1.82, 2.24) is 4.90 Å². The number of rotatable bonds is 5. The molecular weight excluding hydrogens is 489 g/mol. The van der Waals surface area contributed by atoms with Gasteiger partial charge in [0.15, 0.2) is 0 Å². The van der Waals surface area contributed by atoms with Crippen molar-refractivity contribution in [1.29, 1.82) is 0 Å². The molecule has 2 aromatic carbocycles. The molecule has 2 aromatic rings. The molecule has 1 aliphatic heterocycles. The zero-order valence-electron chi connectivity index (χ0n) is 12.3. The van der Waals surface area contributed by atoms with Gasteiger partial charge in [0.2, 0.25) is 0 Å². The van der Waals surface area contributed by atoms with Gasteiger partial charge in [-0.2, -0.15) is 0 Å². The topological polar surface area (TPSA) is 54.5 Å². The Bertz CT molecular complexity index is 748. The first kappa shape index (κ1) is 16.0. The molecule has 3 rings (SSSR count). The summed E-state index contributed by atoms with van der Waals surface area (Å²) in [6.45, 7) is 0.271. The van der Waals surface area contributed by atoms with Crippen LogP contribution in [0.4, 0.5) is 0 Å². The second-order valence-electron chi connectivity index (χ2n) is 5.34. The minimum atomic E-state index is -0.268. The molecule has 0 N–H and O–H groups in total. The number of hydrogen-bond acceptors (Lipinski definition) is 3. The maximum atomic E-state index is 12.2. The first-order valence-electron chi connectivity index (χ1n) is 7.32. The van der Waals surface area contributed by atoms with Crippen LogP contribution in [0.3, 0.4) is 0 Å². The Kier molecular flexibility index (Phi) is 4.67. The molecule has 0 spiro atoms. The summed E-state index contributed by atoms with van der Waals surface area (Å²) in [5, 5.41) is 0. The molecule has 23 heavy (non-hydrogen) atoms. The molecule has 0 bridgehead atoms. The van der Waals surface area contributed by atoms with Crippen LogP contribution in [0.25, 0.3) is 0 Å². The Hall–Kier alpha value is -1.87. The Morgan fingerprint density at radius 3 is 2.04 bits per heavy atom. The summed E-state index contributed by atoms with van der Waals surface area (Å²) in [6, 6.07) is 14.3. The van der Waals surface area contributed by atoms with Crippen LogP contribution in [-0.4, -0.2) is 29.0 Å². The maximum absolute atomic E-state index is 12.2. The molecule has 0 aromatic heterocycles. The Morgan fingerprint density at radius 1 is 0.913 bits per heavy atom. The van der Waals surface area contributed by atoms with Gasteiger partial charge in [-0.05, 0) is 0 Å². The average Bonchev–Trinajstić information content (AvgIpc) is 2.81. The van der Waals surface area contributed by atoms with E-state index in [1.807, 2.05) is 24.3 Å². The number of nitrogens with zero attached hydrogens (tertiary/aromatic N) is 1. The van der Waals surface area contributed by atoms with Crippen molar-refractivity contribution in [3.8, 4) is 0 Å². The van der Waals surface area contributed by atoms with Gasteiger partial charge in [-0.15, -0.1) is 0 Å². The van der Waals surface area contributed by atoms with Gasteiger partial charge >= 0.3 is 137 Å². The van der Waals surface area contributed by atoms with E-state index < -0.39 is 0 Å². The molecule has 0 aliphatic carbocycles. The SMILES string of the molecule is O=C(CCCN1C(=O)c2ccccc2C1=O)c1ccc([211At])cc1. The summed E-state index contributed by atoms with van der Waals surface area (Å²) < 4.78 is 1.16. The molecule has 0 saturated carbocycles. The van der Waals surface area contributed by atoms with Crippen molar-refractivity contribution in [3.63, 3.8) is 0 Å². The molecule has 0 radical (unpaired) electrons. The second-order valence-corrected chi connectivity index (χ2v) is 7.04. The van der Waals surface area contributed by atoms with Gasteiger partial charge in [-0.3, -0.25) is 0 Å². The summed E-state index contributed by atoms with van der Waals surface area (Å²) in [5.41, 5.74) is 1.57. The number of ketones is 1. The fourth-order valence-corrected chi connectivity index (χ4v) is 3.11. The number of benzene rings is 2. The number of amides is 2. The number of carbonyl (C=O) groups excluding carboxylic acids is 3. The fraction of sp³-hybridized carbons (Fsp3) is 0.167. The number of Topliss-reactive ketones (excluding diaryl/α,β-unsaturated/α-hetero) is 1. The molecule has 0 unspecified atom stereocenters. The van der Waals surface area contributed by atoms with Crippen molar-refractivity contribution in [2.24, 2.45) is 0 Å². The molecule has 1 heterocycles. The van der Waals surface area contributed by atoms with Gasteiger partial charge in [0, 0.05) is 0 Å². The van der Waals surface area contributed by atoms with Crippen LogP contribution >= 0.6 is 0 Å². The van der Waals surface area contributed by atoms with E-state index in [0.717, 1.165) is 3.27 Å². The van der Waals surface area contributed by atoms with Crippen LogP contribution in [0.5, 0.6) is 0 Å². The Morgan fingerprint density at radius 2 is 1.48 bits per heavy atom. The van der Waals surface area contributed by atoms with Gasteiger partial charge in [0.05, 0.1) is 0 Å². The van der Waals surface area contributed by atoms with Crippen LogP contribution < -0.4 is 3.27 Å². The standard InChI is InChI=1S/C18H14AtNO3/c19-13-9-7-12(8-10-13)16(21)6-3-11-20-17(22)14-4-1-2-5-15(14)18(20)23/h1-2,4-5,7-10H,3,6,11H2/i19+1. The summed E-state index contributed by atoms with van der Waals surface area (Å²) in [5.74, 6) is -0.501. The zero-order valence-corrected chi connectivity index (χ0v) is 15.2. The molecule has 0 fully saturated rings. The predicted molar refractivity (Wildman–Crippen MR) is 81.4 cm³/mol. The number of fused-ring (bicyclic) bond motifs is 1. The van der Waals surface area contributed by atoms with E-state index in [0.29, 0.717) is 29.5 Å². The van der Waals surface area contributed by atoms with Crippen molar-refractivity contribution in [3.05, 3.63) is 65.2 Å². The minimum absolute atomic E-state index is 0.0354. The van der Waals surface area contributed by atoms with Crippen molar-refractivity contribution < 1.29 is 39.1 Å². The summed E-state index contributed by atoms with van der Waals surface area (Å²) in [6.07, 6.45) is 0.794. The molecule has 1 aliphatic rings. The first-order chi connectivity index (χ1) is 11.1. The van der Waals surface area contributed by atoms with Gasteiger partial charge in [0.25, 0.3) is 0 Å². The van der Waals surface area contributed by atoms with Gasteiger partial charge in [-0.1, -0.05) is 12.1 Å². The summed E-state index contributed by atoms with van der Waals surface area (Å²) in [7, 11) is 0.